The molecule has 1 saturated heterocycles. The lowest BCUT2D eigenvalue weighted by molar-refractivity contribution is -0.116. The van der Waals surface area contributed by atoms with Gasteiger partial charge in [-0.2, -0.15) is 5.10 Å². The van der Waals surface area contributed by atoms with Gasteiger partial charge in [0.05, 0.1) is 12.2 Å². The molecular formula is C13H17N3O. The molecule has 0 radical (unpaired) electrons. The van der Waals surface area contributed by atoms with Gasteiger partial charge >= 0.3 is 0 Å². The summed E-state index contributed by atoms with van der Waals surface area (Å²) < 4.78 is 0. The van der Waals surface area contributed by atoms with E-state index in [2.05, 4.69) is 16.3 Å². The number of nitrogens with zero attached hydrogens (tertiary/aromatic N) is 3. The van der Waals surface area contributed by atoms with E-state index in [0.717, 1.165) is 18.1 Å². The third-order valence-electron chi connectivity index (χ3n) is 3.80. The molecule has 0 unspecified atom stereocenters. The van der Waals surface area contributed by atoms with Gasteiger partial charge in [0.2, 0.25) is 0 Å². The summed E-state index contributed by atoms with van der Waals surface area (Å²) in [5.41, 5.74) is 1.12. The van der Waals surface area contributed by atoms with E-state index in [0.29, 0.717) is 24.7 Å². The van der Waals surface area contributed by atoms with Crippen LogP contribution >= 0.6 is 0 Å². The molecule has 2 aliphatic rings. The number of carbonyl (C=O) groups is 1. The molecule has 1 aliphatic heterocycles. The molecular weight excluding hydrogens is 214 g/mol. The topological polar surface area (TPSA) is 46.1 Å². The summed E-state index contributed by atoms with van der Waals surface area (Å²) in [5.74, 6) is 1.75. The van der Waals surface area contributed by atoms with E-state index in [4.69, 9.17) is 0 Å². The van der Waals surface area contributed by atoms with Crippen LogP contribution in [0.5, 0.6) is 0 Å². The maximum Gasteiger partial charge on any atom is 0.153 e. The van der Waals surface area contributed by atoms with Crippen LogP contribution < -0.4 is 4.90 Å². The molecule has 0 aromatic carbocycles. The SMILES string of the molecule is O=C1CCN(c2ccc(C3CCCC3)nn2)C1. The lowest BCUT2D eigenvalue weighted by atomic mass is 10.0. The molecule has 1 aromatic heterocycles. The summed E-state index contributed by atoms with van der Waals surface area (Å²) in [7, 11) is 0. The van der Waals surface area contributed by atoms with Crippen LogP contribution in [0.15, 0.2) is 12.1 Å². The monoisotopic (exact) mass is 231 g/mol. The Bertz CT molecular complexity index is 409. The van der Waals surface area contributed by atoms with E-state index in [9.17, 15) is 4.79 Å². The van der Waals surface area contributed by atoms with Gasteiger partial charge in [-0.3, -0.25) is 4.79 Å². The predicted molar refractivity (Wildman–Crippen MR) is 65.1 cm³/mol. The third kappa shape index (κ3) is 2.16. The first kappa shape index (κ1) is 10.7. The van der Waals surface area contributed by atoms with Crippen LogP contribution in [0.1, 0.15) is 43.7 Å². The Morgan fingerprint density at radius 3 is 2.59 bits per heavy atom. The number of Topliss-reactive ketones (excluding diaryl/α,β-unsaturated/α-hetero) is 1. The molecule has 2 fully saturated rings. The average Bonchev–Trinajstić information content (AvgIpc) is 3.00. The molecule has 4 nitrogen and oxygen atoms in total. The van der Waals surface area contributed by atoms with Crippen LogP contribution in [0.2, 0.25) is 0 Å². The van der Waals surface area contributed by atoms with Gasteiger partial charge in [0, 0.05) is 18.9 Å². The molecule has 90 valence electrons. The van der Waals surface area contributed by atoms with E-state index >= 15 is 0 Å². The highest BCUT2D eigenvalue weighted by atomic mass is 16.1. The molecule has 0 spiro atoms. The standard InChI is InChI=1S/C13H17N3O/c17-11-7-8-16(9-11)13-6-5-12(14-15-13)10-3-1-2-4-10/h5-6,10H,1-4,7-9H2. The Morgan fingerprint density at radius 2 is 2.00 bits per heavy atom. The summed E-state index contributed by atoms with van der Waals surface area (Å²) >= 11 is 0. The second-order valence-electron chi connectivity index (χ2n) is 5.01. The van der Waals surface area contributed by atoms with Crippen molar-refractivity contribution in [2.45, 2.75) is 38.0 Å². The normalized spacial score (nSPS) is 21.4. The molecule has 1 aliphatic carbocycles. The number of hydrogen-bond donors (Lipinski definition) is 0. The van der Waals surface area contributed by atoms with Crippen molar-refractivity contribution in [2.24, 2.45) is 0 Å². The van der Waals surface area contributed by atoms with Crippen molar-refractivity contribution >= 4 is 11.6 Å². The van der Waals surface area contributed by atoms with E-state index in [1.807, 2.05) is 11.0 Å². The van der Waals surface area contributed by atoms with Crippen molar-refractivity contribution in [1.82, 2.24) is 10.2 Å². The Morgan fingerprint density at radius 1 is 1.18 bits per heavy atom. The Hall–Kier alpha value is -1.45. The highest BCUT2D eigenvalue weighted by Crippen LogP contribution is 2.32. The quantitative estimate of drug-likeness (QED) is 0.780. The minimum Gasteiger partial charge on any atom is -0.347 e. The first-order chi connectivity index (χ1) is 8.33. The fraction of sp³-hybridized carbons (Fsp3) is 0.615. The van der Waals surface area contributed by atoms with Crippen molar-refractivity contribution in [3.8, 4) is 0 Å². The summed E-state index contributed by atoms with van der Waals surface area (Å²) in [5, 5.41) is 8.59. The number of carbonyl (C=O) groups excluding carboxylic acids is 1. The number of rotatable bonds is 2. The summed E-state index contributed by atoms with van der Waals surface area (Å²) in [6.45, 7) is 1.29. The van der Waals surface area contributed by atoms with Crippen LogP contribution in [0.25, 0.3) is 0 Å². The molecule has 0 atom stereocenters. The van der Waals surface area contributed by atoms with Gasteiger partial charge < -0.3 is 4.90 Å². The van der Waals surface area contributed by atoms with Gasteiger partial charge in [0.1, 0.15) is 0 Å². The zero-order chi connectivity index (χ0) is 11.7. The summed E-state index contributed by atoms with van der Waals surface area (Å²) in [6.07, 6.45) is 5.77. The zero-order valence-electron chi connectivity index (χ0n) is 9.93. The minimum atomic E-state index is 0.298. The van der Waals surface area contributed by atoms with E-state index in [1.165, 1.54) is 25.7 Å². The number of anilines is 1. The molecule has 2 heterocycles. The fourth-order valence-corrected chi connectivity index (χ4v) is 2.77. The molecule has 0 N–H and O–H groups in total. The van der Waals surface area contributed by atoms with Gasteiger partial charge in [0.25, 0.3) is 0 Å². The maximum absolute atomic E-state index is 11.2. The van der Waals surface area contributed by atoms with Crippen LogP contribution in [-0.2, 0) is 4.79 Å². The Kier molecular flexibility index (Phi) is 2.79. The molecule has 1 aromatic rings. The van der Waals surface area contributed by atoms with E-state index in [-0.39, 0.29) is 0 Å². The molecule has 17 heavy (non-hydrogen) atoms. The fourth-order valence-electron chi connectivity index (χ4n) is 2.77. The van der Waals surface area contributed by atoms with Crippen molar-refractivity contribution in [1.29, 1.82) is 0 Å². The first-order valence-corrected chi connectivity index (χ1v) is 6.43. The van der Waals surface area contributed by atoms with Crippen LogP contribution in [-0.4, -0.2) is 29.1 Å². The average molecular weight is 231 g/mol. The number of hydrogen-bond acceptors (Lipinski definition) is 4. The maximum atomic E-state index is 11.2. The molecule has 0 bridgehead atoms. The second-order valence-corrected chi connectivity index (χ2v) is 5.01. The second kappa shape index (κ2) is 4.43. The zero-order valence-corrected chi connectivity index (χ0v) is 9.93. The largest absolute Gasteiger partial charge is 0.347 e. The van der Waals surface area contributed by atoms with E-state index in [1.54, 1.807) is 0 Å². The van der Waals surface area contributed by atoms with Crippen molar-refractivity contribution in [3.05, 3.63) is 17.8 Å². The van der Waals surface area contributed by atoms with E-state index < -0.39 is 0 Å². The molecule has 3 rings (SSSR count). The van der Waals surface area contributed by atoms with Crippen LogP contribution in [0, 0.1) is 0 Å². The number of ketones is 1. The lowest BCUT2D eigenvalue weighted by Crippen LogP contribution is -2.21. The Labute approximate surface area is 101 Å². The summed E-state index contributed by atoms with van der Waals surface area (Å²) in [6, 6.07) is 4.10. The highest BCUT2D eigenvalue weighted by Gasteiger charge is 2.22. The Balaban J connectivity index is 1.73. The third-order valence-corrected chi connectivity index (χ3v) is 3.80. The van der Waals surface area contributed by atoms with Gasteiger partial charge in [-0.1, -0.05) is 12.8 Å². The van der Waals surface area contributed by atoms with Gasteiger partial charge in [0.15, 0.2) is 11.6 Å². The van der Waals surface area contributed by atoms with Crippen molar-refractivity contribution < 1.29 is 4.79 Å². The van der Waals surface area contributed by atoms with Crippen molar-refractivity contribution in [3.63, 3.8) is 0 Å². The van der Waals surface area contributed by atoms with Gasteiger partial charge in [-0.15, -0.1) is 5.10 Å². The minimum absolute atomic E-state index is 0.298. The predicted octanol–water partition coefficient (Wildman–Crippen LogP) is 1.91. The number of aromatic nitrogens is 2. The molecule has 4 heteroatoms. The lowest BCUT2D eigenvalue weighted by Gasteiger charge is -2.15. The first-order valence-electron chi connectivity index (χ1n) is 6.43. The highest BCUT2D eigenvalue weighted by molar-refractivity contribution is 5.86. The molecule has 0 amide bonds. The molecule has 1 saturated carbocycles. The van der Waals surface area contributed by atoms with Crippen LogP contribution in [0.3, 0.4) is 0 Å². The van der Waals surface area contributed by atoms with Crippen LogP contribution in [0.4, 0.5) is 5.82 Å². The van der Waals surface area contributed by atoms with Crippen molar-refractivity contribution in [2.75, 3.05) is 18.0 Å². The van der Waals surface area contributed by atoms with Gasteiger partial charge in [-0.05, 0) is 25.0 Å². The van der Waals surface area contributed by atoms with Gasteiger partial charge in [-0.25, -0.2) is 0 Å². The summed E-state index contributed by atoms with van der Waals surface area (Å²) in [4.78, 5) is 13.2. The smallest absolute Gasteiger partial charge is 0.153 e.